The van der Waals surface area contributed by atoms with E-state index in [1.165, 1.54) is 14.0 Å². The topological polar surface area (TPSA) is 58.6 Å². The van der Waals surface area contributed by atoms with Gasteiger partial charge in [-0.25, -0.2) is 0 Å². The van der Waals surface area contributed by atoms with Crippen molar-refractivity contribution in [1.29, 1.82) is 0 Å². The lowest BCUT2D eigenvalue weighted by Gasteiger charge is -2.19. The van der Waals surface area contributed by atoms with Crippen molar-refractivity contribution in [3.63, 3.8) is 0 Å². The molecule has 0 saturated carbocycles. The van der Waals surface area contributed by atoms with Gasteiger partial charge in [-0.1, -0.05) is 6.92 Å². The Hall–Kier alpha value is -1.10. The van der Waals surface area contributed by atoms with Gasteiger partial charge in [-0.2, -0.15) is 0 Å². The van der Waals surface area contributed by atoms with Crippen LogP contribution < -0.4 is 5.32 Å². The molecule has 5 heteroatoms. The van der Waals surface area contributed by atoms with E-state index in [1.807, 2.05) is 18.9 Å². The first kappa shape index (κ1) is 13.9. The van der Waals surface area contributed by atoms with Crippen molar-refractivity contribution in [2.24, 2.45) is 5.92 Å². The normalized spacial score (nSPS) is 12.3. The predicted octanol–water partition coefficient (Wildman–Crippen LogP) is -0.137. The molecule has 0 aromatic rings. The minimum Gasteiger partial charge on any atom is -0.469 e. The Morgan fingerprint density at radius 2 is 2.07 bits per heavy atom. The number of hydrogen-bond acceptors (Lipinski definition) is 4. The van der Waals surface area contributed by atoms with E-state index < -0.39 is 0 Å². The second-order valence-electron chi connectivity index (χ2n) is 3.67. The van der Waals surface area contributed by atoms with Gasteiger partial charge in [0.15, 0.2) is 0 Å². The second-order valence-corrected chi connectivity index (χ2v) is 3.67. The molecule has 0 aromatic carbocycles. The average molecular weight is 216 g/mol. The molecule has 0 radical (unpaired) electrons. The van der Waals surface area contributed by atoms with Crippen LogP contribution in [0.4, 0.5) is 0 Å². The van der Waals surface area contributed by atoms with E-state index in [2.05, 4.69) is 10.1 Å². The quantitative estimate of drug-likeness (QED) is 0.628. The minimum atomic E-state index is -0.207. The van der Waals surface area contributed by atoms with Crippen LogP contribution in [-0.2, 0) is 14.3 Å². The van der Waals surface area contributed by atoms with Gasteiger partial charge in [0, 0.05) is 26.6 Å². The number of nitrogens with one attached hydrogen (secondary N) is 1. The van der Waals surface area contributed by atoms with E-state index in [0.717, 1.165) is 6.54 Å². The number of esters is 1. The van der Waals surface area contributed by atoms with E-state index in [9.17, 15) is 9.59 Å². The summed E-state index contributed by atoms with van der Waals surface area (Å²) in [6.45, 7) is 5.25. The molecule has 0 saturated heterocycles. The van der Waals surface area contributed by atoms with Gasteiger partial charge in [0.2, 0.25) is 5.91 Å². The number of hydrogen-bond donors (Lipinski definition) is 1. The summed E-state index contributed by atoms with van der Waals surface area (Å²) in [5, 5.41) is 2.70. The van der Waals surface area contributed by atoms with Gasteiger partial charge in [-0.3, -0.25) is 9.59 Å². The maximum absolute atomic E-state index is 11.1. The first-order valence-corrected chi connectivity index (χ1v) is 4.98. The largest absolute Gasteiger partial charge is 0.469 e. The van der Waals surface area contributed by atoms with Crippen LogP contribution >= 0.6 is 0 Å². The highest BCUT2D eigenvalue weighted by Gasteiger charge is 2.14. The molecule has 0 spiro atoms. The number of ether oxygens (including phenoxy) is 1. The maximum atomic E-state index is 11.1. The van der Waals surface area contributed by atoms with E-state index in [0.29, 0.717) is 13.1 Å². The van der Waals surface area contributed by atoms with Gasteiger partial charge in [-0.15, -0.1) is 0 Å². The molecule has 0 aliphatic rings. The van der Waals surface area contributed by atoms with Crippen molar-refractivity contribution in [2.45, 2.75) is 13.8 Å². The smallest absolute Gasteiger partial charge is 0.309 e. The molecule has 0 aliphatic carbocycles. The third kappa shape index (κ3) is 6.90. The Labute approximate surface area is 90.8 Å². The fraction of sp³-hybridized carbons (Fsp3) is 0.800. The highest BCUT2D eigenvalue weighted by atomic mass is 16.5. The number of likely N-dealkylation sites (N-methyl/N-ethyl adjacent to an activating group) is 1. The van der Waals surface area contributed by atoms with E-state index >= 15 is 0 Å². The number of nitrogens with zero attached hydrogens (tertiary/aromatic N) is 1. The first-order chi connectivity index (χ1) is 6.97. The number of methoxy groups -OCH3 is 1. The molecule has 0 bridgehead atoms. The zero-order valence-electron chi connectivity index (χ0n) is 9.87. The van der Waals surface area contributed by atoms with Crippen LogP contribution in [0.3, 0.4) is 0 Å². The molecule has 0 aliphatic heterocycles. The molecule has 1 N–H and O–H groups in total. The fourth-order valence-electron chi connectivity index (χ4n) is 1.26. The van der Waals surface area contributed by atoms with Crippen LogP contribution in [0.25, 0.3) is 0 Å². The van der Waals surface area contributed by atoms with Crippen molar-refractivity contribution in [1.82, 2.24) is 10.2 Å². The van der Waals surface area contributed by atoms with E-state index in [-0.39, 0.29) is 17.8 Å². The van der Waals surface area contributed by atoms with E-state index in [4.69, 9.17) is 0 Å². The van der Waals surface area contributed by atoms with Crippen LogP contribution in [0.5, 0.6) is 0 Å². The Morgan fingerprint density at radius 3 is 2.53 bits per heavy atom. The zero-order chi connectivity index (χ0) is 11.8. The number of carbonyl (C=O) groups excluding carboxylic acids is 2. The van der Waals surface area contributed by atoms with Gasteiger partial charge in [0.25, 0.3) is 0 Å². The summed E-state index contributed by atoms with van der Waals surface area (Å²) < 4.78 is 4.62. The van der Waals surface area contributed by atoms with Crippen molar-refractivity contribution in [2.75, 3.05) is 33.8 Å². The Morgan fingerprint density at radius 1 is 1.47 bits per heavy atom. The van der Waals surface area contributed by atoms with Crippen molar-refractivity contribution >= 4 is 11.9 Å². The van der Waals surface area contributed by atoms with Crippen LogP contribution in [0.1, 0.15) is 13.8 Å². The Balaban J connectivity index is 3.68. The number of rotatable bonds is 6. The Bertz CT molecular complexity index is 219. The summed E-state index contributed by atoms with van der Waals surface area (Å²) >= 11 is 0. The maximum Gasteiger partial charge on any atom is 0.309 e. The van der Waals surface area contributed by atoms with Crippen LogP contribution in [-0.4, -0.2) is 50.6 Å². The highest BCUT2D eigenvalue weighted by molar-refractivity contribution is 5.72. The van der Waals surface area contributed by atoms with Crippen molar-refractivity contribution in [3.05, 3.63) is 0 Å². The molecule has 0 fully saturated rings. The molecular formula is C10H20N2O3. The molecular weight excluding hydrogens is 196 g/mol. The minimum absolute atomic E-state index is 0.0376. The third-order valence-electron chi connectivity index (χ3n) is 2.06. The molecule has 1 amide bonds. The zero-order valence-corrected chi connectivity index (χ0v) is 9.87. The number of carbonyl (C=O) groups is 2. The molecule has 1 unspecified atom stereocenters. The SMILES string of the molecule is COC(=O)C(C)CN(C)CCNC(C)=O. The third-order valence-corrected chi connectivity index (χ3v) is 2.06. The molecule has 0 heterocycles. The van der Waals surface area contributed by atoms with Crippen LogP contribution in [0.15, 0.2) is 0 Å². The summed E-state index contributed by atoms with van der Waals surface area (Å²) in [4.78, 5) is 23.7. The molecule has 88 valence electrons. The molecule has 5 nitrogen and oxygen atoms in total. The first-order valence-electron chi connectivity index (χ1n) is 4.98. The summed E-state index contributed by atoms with van der Waals surface area (Å²) in [6, 6.07) is 0. The average Bonchev–Trinajstić information content (AvgIpc) is 2.15. The fourth-order valence-corrected chi connectivity index (χ4v) is 1.26. The summed E-state index contributed by atoms with van der Waals surface area (Å²) in [7, 11) is 3.29. The van der Waals surface area contributed by atoms with Gasteiger partial charge >= 0.3 is 5.97 Å². The molecule has 0 aromatic heterocycles. The van der Waals surface area contributed by atoms with E-state index in [1.54, 1.807) is 0 Å². The highest BCUT2D eigenvalue weighted by Crippen LogP contribution is 1.99. The monoisotopic (exact) mass is 216 g/mol. The lowest BCUT2D eigenvalue weighted by molar-refractivity contribution is -0.145. The summed E-state index contributed by atoms with van der Waals surface area (Å²) in [6.07, 6.45) is 0. The van der Waals surface area contributed by atoms with Gasteiger partial charge < -0.3 is 15.0 Å². The second kappa shape index (κ2) is 7.23. The van der Waals surface area contributed by atoms with Gasteiger partial charge in [0.05, 0.1) is 13.0 Å². The lowest BCUT2D eigenvalue weighted by atomic mass is 10.2. The van der Waals surface area contributed by atoms with Crippen molar-refractivity contribution < 1.29 is 14.3 Å². The summed E-state index contributed by atoms with van der Waals surface area (Å²) in [5.41, 5.74) is 0. The van der Waals surface area contributed by atoms with Crippen LogP contribution in [0.2, 0.25) is 0 Å². The standard InChI is InChI=1S/C10H20N2O3/c1-8(10(14)15-4)7-12(3)6-5-11-9(2)13/h8H,5-7H2,1-4H3,(H,11,13). The van der Waals surface area contributed by atoms with Crippen LogP contribution in [0, 0.1) is 5.92 Å². The van der Waals surface area contributed by atoms with Gasteiger partial charge in [0.1, 0.15) is 0 Å². The molecule has 1 atom stereocenters. The number of amides is 1. The predicted molar refractivity (Wildman–Crippen MR) is 57.4 cm³/mol. The van der Waals surface area contributed by atoms with Crippen molar-refractivity contribution in [3.8, 4) is 0 Å². The molecule has 0 rings (SSSR count). The molecule has 15 heavy (non-hydrogen) atoms. The van der Waals surface area contributed by atoms with Gasteiger partial charge in [-0.05, 0) is 7.05 Å². The Kier molecular flexibility index (Phi) is 6.70. The lowest BCUT2D eigenvalue weighted by Crippen LogP contribution is -2.35. The summed E-state index contributed by atoms with van der Waals surface area (Å²) in [5.74, 6) is -0.386.